The highest BCUT2D eigenvalue weighted by molar-refractivity contribution is 5.76. The van der Waals surface area contributed by atoms with Crippen LogP contribution < -0.4 is 5.73 Å². The van der Waals surface area contributed by atoms with E-state index in [9.17, 15) is 0 Å². The minimum Gasteiger partial charge on any atom is -0.383 e. The molecule has 2 aromatic rings. The van der Waals surface area contributed by atoms with E-state index in [0.717, 1.165) is 35.5 Å². The number of anilines is 1. The Hall–Kier alpha value is -1.77. The summed E-state index contributed by atoms with van der Waals surface area (Å²) in [6, 6.07) is 8.44. The molecule has 90 valence electrons. The van der Waals surface area contributed by atoms with E-state index in [2.05, 4.69) is 43.2 Å². The lowest BCUT2D eigenvalue weighted by Gasteiger charge is -2.04. The van der Waals surface area contributed by atoms with Crippen LogP contribution in [0.2, 0.25) is 0 Å². The van der Waals surface area contributed by atoms with Gasteiger partial charge in [-0.1, -0.05) is 43.2 Å². The first-order valence-corrected chi connectivity index (χ1v) is 6.02. The van der Waals surface area contributed by atoms with E-state index < -0.39 is 0 Å². The summed E-state index contributed by atoms with van der Waals surface area (Å²) in [4.78, 5) is 0. The number of nitrogen functional groups attached to an aromatic ring is 1. The van der Waals surface area contributed by atoms with Gasteiger partial charge in [-0.2, -0.15) is 5.10 Å². The van der Waals surface area contributed by atoms with Crippen molar-refractivity contribution in [2.75, 3.05) is 5.73 Å². The van der Waals surface area contributed by atoms with E-state index in [1.165, 1.54) is 5.56 Å². The van der Waals surface area contributed by atoms with Crippen molar-refractivity contribution in [3.8, 4) is 11.1 Å². The van der Waals surface area contributed by atoms with Crippen LogP contribution in [-0.2, 0) is 13.5 Å². The Morgan fingerprint density at radius 1 is 1.24 bits per heavy atom. The average Bonchev–Trinajstić information content (AvgIpc) is 2.57. The van der Waals surface area contributed by atoms with Gasteiger partial charge >= 0.3 is 0 Å². The van der Waals surface area contributed by atoms with Crippen LogP contribution in [0.1, 0.15) is 24.6 Å². The lowest BCUT2D eigenvalue weighted by molar-refractivity contribution is 0.741. The van der Waals surface area contributed by atoms with Crippen LogP contribution in [0.4, 0.5) is 5.82 Å². The van der Waals surface area contributed by atoms with Gasteiger partial charge in [0.2, 0.25) is 0 Å². The number of rotatable bonds is 3. The zero-order valence-electron chi connectivity index (χ0n) is 10.7. The van der Waals surface area contributed by atoms with E-state index in [1.807, 2.05) is 7.05 Å². The summed E-state index contributed by atoms with van der Waals surface area (Å²) in [5.74, 6) is 0.748. The molecular formula is C14H19N3. The Kier molecular flexibility index (Phi) is 3.18. The van der Waals surface area contributed by atoms with E-state index in [4.69, 9.17) is 5.73 Å². The highest BCUT2D eigenvalue weighted by atomic mass is 15.3. The Morgan fingerprint density at radius 2 is 1.88 bits per heavy atom. The average molecular weight is 229 g/mol. The maximum atomic E-state index is 6.10. The van der Waals surface area contributed by atoms with Crippen LogP contribution in [0, 0.1) is 6.92 Å². The largest absolute Gasteiger partial charge is 0.383 e. The van der Waals surface area contributed by atoms with Gasteiger partial charge in [0.25, 0.3) is 0 Å². The van der Waals surface area contributed by atoms with Crippen molar-refractivity contribution in [3.05, 3.63) is 35.5 Å². The van der Waals surface area contributed by atoms with Crippen LogP contribution in [0.3, 0.4) is 0 Å². The lowest BCUT2D eigenvalue weighted by atomic mass is 10.0. The van der Waals surface area contributed by atoms with Crippen molar-refractivity contribution < 1.29 is 0 Å². The van der Waals surface area contributed by atoms with Crippen molar-refractivity contribution in [3.63, 3.8) is 0 Å². The van der Waals surface area contributed by atoms with Gasteiger partial charge in [-0.25, -0.2) is 0 Å². The van der Waals surface area contributed by atoms with Gasteiger partial charge in [0, 0.05) is 12.6 Å². The molecule has 0 spiro atoms. The summed E-state index contributed by atoms with van der Waals surface area (Å²) in [6.45, 7) is 4.24. The molecule has 0 radical (unpaired) electrons. The highest BCUT2D eigenvalue weighted by Gasteiger charge is 2.14. The first-order valence-electron chi connectivity index (χ1n) is 6.02. The Bertz CT molecular complexity index is 509. The molecule has 1 aromatic heterocycles. The lowest BCUT2D eigenvalue weighted by Crippen LogP contribution is -1.98. The Morgan fingerprint density at radius 3 is 2.47 bits per heavy atom. The molecule has 1 heterocycles. The third-order valence-electron chi connectivity index (χ3n) is 2.99. The maximum Gasteiger partial charge on any atom is 0.129 e. The fraction of sp³-hybridized carbons (Fsp3) is 0.357. The molecule has 0 aliphatic carbocycles. The smallest absolute Gasteiger partial charge is 0.129 e. The van der Waals surface area contributed by atoms with Crippen LogP contribution in [0.5, 0.6) is 0 Å². The second-order valence-corrected chi connectivity index (χ2v) is 4.45. The molecule has 0 saturated carbocycles. The molecule has 0 fully saturated rings. The molecule has 1 aromatic carbocycles. The monoisotopic (exact) mass is 229 g/mol. The van der Waals surface area contributed by atoms with E-state index >= 15 is 0 Å². The molecule has 17 heavy (non-hydrogen) atoms. The summed E-state index contributed by atoms with van der Waals surface area (Å²) >= 11 is 0. The first-order chi connectivity index (χ1) is 8.13. The number of benzene rings is 1. The highest BCUT2D eigenvalue weighted by Crippen LogP contribution is 2.30. The number of hydrogen-bond donors (Lipinski definition) is 1. The first kappa shape index (κ1) is 11.7. The molecule has 0 amide bonds. The number of nitrogens with zero attached hydrogens (tertiary/aromatic N) is 2. The zero-order valence-corrected chi connectivity index (χ0v) is 10.7. The van der Waals surface area contributed by atoms with Gasteiger partial charge in [0.05, 0.1) is 5.69 Å². The summed E-state index contributed by atoms with van der Waals surface area (Å²) in [7, 11) is 1.90. The number of nitrogens with two attached hydrogens (primary N) is 1. The van der Waals surface area contributed by atoms with E-state index in [1.54, 1.807) is 4.68 Å². The third-order valence-corrected chi connectivity index (χ3v) is 2.99. The fourth-order valence-corrected chi connectivity index (χ4v) is 2.04. The molecule has 0 aliphatic rings. The third kappa shape index (κ3) is 2.18. The van der Waals surface area contributed by atoms with Crippen LogP contribution >= 0.6 is 0 Å². The quantitative estimate of drug-likeness (QED) is 0.879. The van der Waals surface area contributed by atoms with Crippen molar-refractivity contribution in [2.45, 2.75) is 26.7 Å². The predicted octanol–water partition coefficient (Wildman–Crippen LogP) is 2.93. The van der Waals surface area contributed by atoms with Crippen molar-refractivity contribution in [1.29, 1.82) is 0 Å². The molecule has 0 bridgehead atoms. The minimum absolute atomic E-state index is 0.748. The second kappa shape index (κ2) is 4.62. The number of aromatic nitrogens is 2. The van der Waals surface area contributed by atoms with Gasteiger partial charge in [0.1, 0.15) is 5.82 Å². The molecule has 0 unspecified atom stereocenters. The van der Waals surface area contributed by atoms with E-state index in [-0.39, 0.29) is 0 Å². The zero-order chi connectivity index (χ0) is 12.4. The molecule has 2 N–H and O–H groups in total. The minimum atomic E-state index is 0.748. The van der Waals surface area contributed by atoms with Gasteiger partial charge in [0.15, 0.2) is 0 Å². The van der Waals surface area contributed by atoms with Gasteiger partial charge < -0.3 is 5.73 Å². The second-order valence-electron chi connectivity index (χ2n) is 4.45. The molecule has 3 heteroatoms. The van der Waals surface area contributed by atoms with Crippen molar-refractivity contribution >= 4 is 5.82 Å². The standard InChI is InChI=1S/C14H19N3/c1-4-5-12-13(14(15)17(3)16-12)11-8-6-10(2)7-9-11/h6-9H,4-5,15H2,1-3H3. The normalized spacial score (nSPS) is 10.8. The van der Waals surface area contributed by atoms with Crippen LogP contribution in [0.25, 0.3) is 11.1 Å². The fourth-order valence-electron chi connectivity index (χ4n) is 2.04. The summed E-state index contributed by atoms with van der Waals surface area (Å²) in [5, 5.41) is 4.49. The summed E-state index contributed by atoms with van der Waals surface area (Å²) in [5.41, 5.74) is 10.7. The molecular weight excluding hydrogens is 210 g/mol. The maximum absolute atomic E-state index is 6.10. The van der Waals surface area contributed by atoms with E-state index in [0.29, 0.717) is 0 Å². The van der Waals surface area contributed by atoms with Gasteiger partial charge in [-0.05, 0) is 18.9 Å². The predicted molar refractivity (Wildman–Crippen MR) is 71.8 cm³/mol. The summed E-state index contributed by atoms with van der Waals surface area (Å²) < 4.78 is 1.76. The van der Waals surface area contributed by atoms with Gasteiger partial charge in [-0.3, -0.25) is 4.68 Å². The van der Waals surface area contributed by atoms with Gasteiger partial charge in [-0.15, -0.1) is 0 Å². The molecule has 0 aliphatic heterocycles. The molecule has 3 nitrogen and oxygen atoms in total. The molecule has 0 saturated heterocycles. The molecule has 0 atom stereocenters. The van der Waals surface area contributed by atoms with Crippen LogP contribution in [-0.4, -0.2) is 9.78 Å². The van der Waals surface area contributed by atoms with Crippen LogP contribution in [0.15, 0.2) is 24.3 Å². The van der Waals surface area contributed by atoms with Crippen molar-refractivity contribution in [1.82, 2.24) is 9.78 Å². The number of hydrogen-bond acceptors (Lipinski definition) is 2. The molecule has 2 rings (SSSR count). The summed E-state index contributed by atoms with van der Waals surface area (Å²) in [6.07, 6.45) is 2.05. The number of aryl methyl sites for hydroxylation is 3. The Labute approximate surface area is 102 Å². The SMILES string of the molecule is CCCc1nn(C)c(N)c1-c1ccc(C)cc1. The topological polar surface area (TPSA) is 43.8 Å². The van der Waals surface area contributed by atoms with Crippen molar-refractivity contribution in [2.24, 2.45) is 7.05 Å². The Balaban J connectivity index is 2.53.